The molecule has 1 rings (SSSR count). The number of nitriles is 1. The van der Waals surface area contributed by atoms with Crippen molar-refractivity contribution in [1.82, 2.24) is 0 Å². The molecule has 0 aliphatic carbocycles. The van der Waals surface area contributed by atoms with E-state index in [9.17, 15) is 0 Å². The molecule has 0 saturated heterocycles. The van der Waals surface area contributed by atoms with E-state index in [4.69, 9.17) is 14.7 Å². The van der Waals surface area contributed by atoms with Gasteiger partial charge in [-0.3, -0.25) is 0 Å². The first kappa shape index (κ1) is 13.0. The highest BCUT2D eigenvalue weighted by molar-refractivity contribution is 7.98. The second kappa shape index (κ2) is 7.29. The number of hydrogen-bond acceptors (Lipinski definition) is 4. The van der Waals surface area contributed by atoms with Crippen LogP contribution in [0.3, 0.4) is 0 Å². The van der Waals surface area contributed by atoms with Crippen molar-refractivity contribution in [2.45, 2.75) is 12.0 Å². The molecule has 16 heavy (non-hydrogen) atoms. The van der Waals surface area contributed by atoms with Gasteiger partial charge in [-0.05, 0) is 17.7 Å². The fraction of sp³-hybridized carbons (Fsp3) is 0.417. The Morgan fingerprint density at radius 2 is 1.88 bits per heavy atom. The minimum atomic E-state index is -0.150. The van der Waals surface area contributed by atoms with Gasteiger partial charge < -0.3 is 9.47 Å². The smallest absolute Gasteiger partial charge is 0.165 e. The van der Waals surface area contributed by atoms with Gasteiger partial charge in [-0.2, -0.15) is 17.0 Å². The quantitative estimate of drug-likeness (QED) is 0.713. The summed E-state index contributed by atoms with van der Waals surface area (Å²) < 4.78 is 10.2. The van der Waals surface area contributed by atoms with Gasteiger partial charge in [0, 0.05) is 25.7 Å². The van der Waals surface area contributed by atoms with Crippen LogP contribution in [0.2, 0.25) is 0 Å². The summed E-state index contributed by atoms with van der Waals surface area (Å²) in [5.74, 6) is 1.70. The summed E-state index contributed by atoms with van der Waals surface area (Å²) >= 11 is 1.74. The van der Waals surface area contributed by atoms with Gasteiger partial charge in [-0.25, -0.2) is 0 Å². The maximum Gasteiger partial charge on any atom is 0.165 e. The Bertz CT molecular complexity index is 341. The molecule has 0 spiro atoms. The molecule has 1 aromatic carbocycles. The van der Waals surface area contributed by atoms with Crippen LogP contribution in [-0.4, -0.2) is 26.3 Å². The maximum absolute atomic E-state index is 8.65. The van der Waals surface area contributed by atoms with E-state index in [0.29, 0.717) is 5.56 Å². The lowest BCUT2D eigenvalue weighted by atomic mass is 10.2. The number of ether oxygens (including phenoxy) is 2. The fourth-order valence-electron chi connectivity index (χ4n) is 1.18. The lowest BCUT2D eigenvalue weighted by molar-refractivity contribution is -0.0842. The molecule has 0 aromatic heterocycles. The predicted molar refractivity (Wildman–Crippen MR) is 65.1 cm³/mol. The van der Waals surface area contributed by atoms with Crippen LogP contribution in [0.15, 0.2) is 24.3 Å². The number of rotatable bonds is 6. The first-order valence-corrected chi connectivity index (χ1v) is 6.08. The highest BCUT2D eigenvalue weighted by Gasteiger charge is 2.04. The Balaban J connectivity index is 2.34. The summed E-state index contributed by atoms with van der Waals surface area (Å²) in [7, 11) is 3.27. The zero-order valence-electron chi connectivity index (χ0n) is 9.47. The molecule has 0 aliphatic rings. The molecule has 86 valence electrons. The van der Waals surface area contributed by atoms with Crippen molar-refractivity contribution in [2.75, 3.05) is 20.0 Å². The molecule has 0 fully saturated rings. The van der Waals surface area contributed by atoms with Gasteiger partial charge in [0.2, 0.25) is 0 Å². The third-order valence-electron chi connectivity index (χ3n) is 2.13. The third-order valence-corrected chi connectivity index (χ3v) is 3.18. The highest BCUT2D eigenvalue weighted by atomic mass is 32.2. The molecule has 0 heterocycles. The Kier molecular flexibility index (Phi) is 5.94. The molecule has 3 nitrogen and oxygen atoms in total. The summed E-state index contributed by atoms with van der Waals surface area (Å²) in [5, 5.41) is 8.65. The molecule has 0 amide bonds. The van der Waals surface area contributed by atoms with Crippen molar-refractivity contribution >= 4 is 11.8 Å². The number of methoxy groups -OCH3 is 2. The summed E-state index contributed by atoms with van der Waals surface area (Å²) in [4.78, 5) is 0. The van der Waals surface area contributed by atoms with Gasteiger partial charge in [0.15, 0.2) is 6.29 Å². The largest absolute Gasteiger partial charge is 0.355 e. The van der Waals surface area contributed by atoms with Gasteiger partial charge in [-0.1, -0.05) is 12.1 Å². The molecule has 1 aromatic rings. The molecule has 0 bridgehead atoms. The zero-order valence-corrected chi connectivity index (χ0v) is 10.3. The third kappa shape index (κ3) is 4.23. The summed E-state index contributed by atoms with van der Waals surface area (Å²) in [6.07, 6.45) is -0.150. The van der Waals surface area contributed by atoms with Crippen LogP contribution in [0, 0.1) is 11.3 Å². The molecule has 0 radical (unpaired) electrons. The SMILES string of the molecule is COC(CSCc1ccc(C#N)cc1)OC. The summed E-state index contributed by atoms with van der Waals surface area (Å²) in [6, 6.07) is 9.71. The van der Waals surface area contributed by atoms with Crippen molar-refractivity contribution in [3.05, 3.63) is 35.4 Å². The fourth-order valence-corrected chi connectivity index (χ4v) is 2.19. The maximum atomic E-state index is 8.65. The molecular formula is C12H15NO2S. The Labute approximate surface area is 100 Å². The van der Waals surface area contributed by atoms with E-state index in [-0.39, 0.29) is 6.29 Å². The zero-order chi connectivity index (χ0) is 11.8. The minimum absolute atomic E-state index is 0.150. The standard InChI is InChI=1S/C12H15NO2S/c1-14-12(15-2)9-16-8-11-5-3-10(7-13)4-6-11/h3-6,12H,8-9H2,1-2H3. The van der Waals surface area contributed by atoms with Crippen LogP contribution >= 0.6 is 11.8 Å². The van der Waals surface area contributed by atoms with Crippen molar-refractivity contribution < 1.29 is 9.47 Å². The van der Waals surface area contributed by atoms with E-state index >= 15 is 0 Å². The monoisotopic (exact) mass is 237 g/mol. The molecule has 0 aliphatic heterocycles. The summed E-state index contributed by atoms with van der Waals surface area (Å²) in [5.41, 5.74) is 1.90. The molecule has 0 atom stereocenters. The van der Waals surface area contributed by atoms with Crippen molar-refractivity contribution in [3.8, 4) is 6.07 Å². The van der Waals surface area contributed by atoms with Crippen LogP contribution in [-0.2, 0) is 15.2 Å². The molecule has 0 unspecified atom stereocenters. The summed E-state index contributed by atoms with van der Waals surface area (Å²) in [6.45, 7) is 0. The lowest BCUT2D eigenvalue weighted by Gasteiger charge is -2.12. The first-order chi connectivity index (χ1) is 7.80. The van der Waals surface area contributed by atoms with E-state index < -0.39 is 0 Å². The first-order valence-electron chi connectivity index (χ1n) is 4.92. The number of thioether (sulfide) groups is 1. The van der Waals surface area contributed by atoms with Crippen LogP contribution in [0.25, 0.3) is 0 Å². The van der Waals surface area contributed by atoms with E-state index in [0.717, 1.165) is 11.5 Å². The van der Waals surface area contributed by atoms with E-state index in [1.807, 2.05) is 24.3 Å². The molecule has 4 heteroatoms. The van der Waals surface area contributed by atoms with E-state index in [2.05, 4.69) is 6.07 Å². The second-order valence-corrected chi connectivity index (χ2v) is 4.26. The van der Waals surface area contributed by atoms with Gasteiger partial charge in [-0.15, -0.1) is 0 Å². The number of hydrogen-bond donors (Lipinski definition) is 0. The predicted octanol–water partition coefficient (Wildman–Crippen LogP) is 2.41. The minimum Gasteiger partial charge on any atom is -0.355 e. The normalized spacial score (nSPS) is 10.4. The molecule has 0 N–H and O–H groups in total. The molecular weight excluding hydrogens is 222 g/mol. The van der Waals surface area contributed by atoms with Gasteiger partial charge >= 0.3 is 0 Å². The van der Waals surface area contributed by atoms with Crippen LogP contribution in [0.4, 0.5) is 0 Å². The van der Waals surface area contributed by atoms with Gasteiger partial charge in [0.05, 0.1) is 11.6 Å². The molecule has 0 saturated carbocycles. The topological polar surface area (TPSA) is 42.2 Å². The second-order valence-electron chi connectivity index (χ2n) is 3.22. The van der Waals surface area contributed by atoms with Crippen molar-refractivity contribution in [2.24, 2.45) is 0 Å². The van der Waals surface area contributed by atoms with Crippen molar-refractivity contribution in [1.29, 1.82) is 5.26 Å². The number of nitrogens with zero attached hydrogens (tertiary/aromatic N) is 1. The van der Waals surface area contributed by atoms with Crippen molar-refractivity contribution in [3.63, 3.8) is 0 Å². The van der Waals surface area contributed by atoms with E-state index in [1.165, 1.54) is 5.56 Å². The average molecular weight is 237 g/mol. The Morgan fingerprint density at radius 3 is 2.38 bits per heavy atom. The number of benzene rings is 1. The van der Waals surface area contributed by atoms with Crippen LogP contribution < -0.4 is 0 Å². The van der Waals surface area contributed by atoms with Crippen LogP contribution in [0.5, 0.6) is 0 Å². The Hall–Kier alpha value is -1.02. The lowest BCUT2D eigenvalue weighted by Crippen LogP contribution is -2.15. The van der Waals surface area contributed by atoms with E-state index in [1.54, 1.807) is 26.0 Å². The van der Waals surface area contributed by atoms with Gasteiger partial charge in [0.25, 0.3) is 0 Å². The van der Waals surface area contributed by atoms with Gasteiger partial charge in [0.1, 0.15) is 0 Å². The Morgan fingerprint density at radius 1 is 1.25 bits per heavy atom. The average Bonchev–Trinajstić information content (AvgIpc) is 2.35. The highest BCUT2D eigenvalue weighted by Crippen LogP contribution is 2.14. The van der Waals surface area contributed by atoms with Crippen LogP contribution in [0.1, 0.15) is 11.1 Å².